The van der Waals surface area contributed by atoms with Crippen LogP contribution >= 0.6 is 0 Å². The summed E-state index contributed by atoms with van der Waals surface area (Å²) in [6.07, 6.45) is 4.37. The Morgan fingerprint density at radius 3 is 2.68 bits per heavy atom. The van der Waals surface area contributed by atoms with E-state index in [2.05, 4.69) is 11.9 Å². The smallest absolute Gasteiger partial charge is 0.340 e. The maximum atomic E-state index is 12.7. The molecule has 1 unspecified atom stereocenters. The molecule has 0 aromatic carbocycles. The zero-order valence-corrected chi connectivity index (χ0v) is 13.6. The molecule has 0 spiro atoms. The first-order chi connectivity index (χ1) is 10.5. The van der Waals surface area contributed by atoms with Gasteiger partial charge in [-0.25, -0.2) is 4.79 Å². The van der Waals surface area contributed by atoms with E-state index >= 15 is 0 Å². The number of esters is 1. The molecule has 118 valence electrons. The highest BCUT2D eigenvalue weighted by atomic mass is 16.5. The van der Waals surface area contributed by atoms with Gasteiger partial charge in [-0.1, -0.05) is 6.92 Å². The van der Waals surface area contributed by atoms with E-state index in [0.717, 1.165) is 42.5 Å². The van der Waals surface area contributed by atoms with Gasteiger partial charge in [0.1, 0.15) is 0 Å². The van der Waals surface area contributed by atoms with Crippen LogP contribution in [0.2, 0.25) is 0 Å². The van der Waals surface area contributed by atoms with Crippen molar-refractivity contribution in [1.29, 1.82) is 0 Å². The molecular weight excluding hydrogens is 278 g/mol. The van der Waals surface area contributed by atoms with Gasteiger partial charge in [0.2, 0.25) is 0 Å². The van der Waals surface area contributed by atoms with Crippen molar-refractivity contribution in [3.63, 3.8) is 0 Å². The van der Waals surface area contributed by atoms with Crippen molar-refractivity contribution in [2.45, 2.75) is 58.8 Å². The molecule has 4 heteroatoms. The van der Waals surface area contributed by atoms with Crippen molar-refractivity contribution in [3.8, 4) is 0 Å². The number of carbonyl (C=O) groups excluding carboxylic acids is 2. The lowest BCUT2D eigenvalue weighted by Gasteiger charge is -2.17. The lowest BCUT2D eigenvalue weighted by molar-refractivity contribution is 0.0523. The fourth-order valence-corrected chi connectivity index (χ4v) is 3.42. The number of aromatic nitrogens is 1. The molecule has 1 fully saturated rings. The molecular formula is C18H23NO3. The zero-order valence-electron chi connectivity index (χ0n) is 13.6. The number of Topliss-reactive ketones (excluding diaryl/α,β-unsaturated/α-hetero) is 1. The molecule has 0 aliphatic heterocycles. The van der Waals surface area contributed by atoms with E-state index < -0.39 is 0 Å². The van der Waals surface area contributed by atoms with Crippen molar-refractivity contribution in [3.05, 3.63) is 28.1 Å². The number of fused-ring (bicyclic) bond motifs is 1. The van der Waals surface area contributed by atoms with Crippen LogP contribution in [0.15, 0.2) is 0 Å². The highest BCUT2D eigenvalue weighted by Crippen LogP contribution is 2.46. The van der Waals surface area contributed by atoms with Crippen molar-refractivity contribution in [1.82, 2.24) is 4.98 Å². The summed E-state index contributed by atoms with van der Waals surface area (Å²) in [7, 11) is 0. The first-order valence-corrected chi connectivity index (χ1v) is 8.26. The van der Waals surface area contributed by atoms with Crippen LogP contribution in [0.1, 0.15) is 83.1 Å². The maximum absolute atomic E-state index is 12.7. The minimum absolute atomic E-state index is 0.152. The number of hydrogen-bond acceptors (Lipinski definition) is 4. The van der Waals surface area contributed by atoms with E-state index in [0.29, 0.717) is 36.1 Å². The number of ether oxygens (including phenoxy) is 1. The lowest BCUT2D eigenvalue weighted by atomic mass is 9.91. The van der Waals surface area contributed by atoms with E-state index in [4.69, 9.17) is 4.74 Å². The molecule has 1 saturated carbocycles. The van der Waals surface area contributed by atoms with Crippen molar-refractivity contribution >= 4 is 11.8 Å². The van der Waals surface area contributed by atoms with Crippen LogP contribution in [0.4, 0.5) is 0 Å². The second-order valence-electron chi connectivity index (χ2n) is 6.57. The standard InChI is InChI=1S/C18H23NO3/c1-4-22-18(21)15-11(3)19-13-9-10(2)5-8-14(20)17(13)16(15)12-6-7-12/h10,12H,4-9H2,1-3H3. The predicted molar refractivity (Wildman–Crippen MR) is 83.3 cm³/mol. The average Bonchev–Trinajstić information content (AvgIpc) is 3.28. The van der Waals surface area contributed by atoms with Crippen LogP contribution in [0.3, 0.4) is 0 Å². The molecule has 0 bridgehead atoms. The van der Waals surface area contributed by atoms with Gasteiger partial charge >= 0.3 is 5.97 Å². The Hall–Kier alpha value is -1.71. The van der Waals surface area contributed by atoms with Crippen molar-refractivity contribution in [2.75, 3.05) is 6.61 Å². The summed E-state index contributed by atoms with van der Waals surface area (Å²) in [4.78, 5) is 29.7. The van der Waals surface area contributed by atoms with Gasteiger partial charge in [0.15, 0.2) is 5.78 Å². The van der Waals surface area contributed by atoms with Crippen molar-refractivity contribution in [2.24, 2.45) is 5.92 Å². The number of carbonyl (C=O) groups is 2. The monoisotopic (exact) mass is 301 g/mol. The average molecular weight is 301 g/mol. The fourth-order valence-electron chi connectivity index (χ4n) is 3.42. The van der Waals surface area contributed by atoms with Gasteiger partial charge in [-0.05, 0) is 56.9 Å². The molecule has 4 nitrogen and oxygen atoms in total. The summed E-state index contributed by atoms with van der Waals surface area (Å²) in [6, 6.07) is 0. The first-order valence-electron chi connectivity index (χ1n) is 8.26. The van der Waals surface area contributed by atoms with Crippen LogP contribution < -0.4 is 0 Å². The van der Waals surface area contributed by atoms with Gasteiger partial charge in [0.25, 0.3) is 0 Å². The van der Waals surface area contributed by atoms with Crippen LogP contribution in [0, 0.1) is 12.8 Å². The highest BCUT2D eigenvalue weighted by Gasteiger charge is 2.37. The van der Waals surface area contributed by atoms with E-state index in [1.54, 1.807) is 6.92 Å². The molecule has 3 rings (SSSR count). The Labute approximate surface area is 131 Å². The molecule has 0 amide bonds. The third kappa shape index (κ3) is 2.67. The van der Waals surface area contributed by atoms with Gasteiger partial charge in [0, 0.05) is 12.0 Å². The number of pyridine rings is 1. The number of aryl methyl sites for hydroxylation is 1. The minimum atomic E-state index is -0.331. The topological polar surface area (TPSA) is 56.3 Å². The SMILES string of the molecule is CCOC(=O)c1c(C)nc2c(c1C1CC1)C(=O)CCC(C)C2. The first kappa shape index (κ1) is 15.2. The van der Waals surface area contributed by atoms with Crippen LogP contribution in [-0.2, 0) is 11.2 Å². The molecule has 2 aliphatic carbocycles. The lowest BCUT2D eigenvalue weighted by Crippen LogP contribution is -2.18. The summed E-state index contributed by atoms with van der Waals surface area (Å²) >= 11 is 0. The third-order valence-electron chi connectivity index (χ3n) is 4.64. The van der Waals surface area contributed by atoms with E-state index in [9.17, 15) is 9.59 Å². The summed E-state index contributed by atoms with van der Waals surface area (Å²) in [5.41, 5.74) is 3.81. The molecule has 1 atom stereocenters. The van der Waals surface area contributed by atoms with Gasteiger partial charge in [-0.2, -0.15) is 0 Å². The molecule has 0 N–H and O–H groups in total. The maximum Gasteiger partial charge on any atom is 0.340 e. The Kier molecular flexibility index (Phi) is 4.02. The molecule has 2 aliphatic rings. The number of nitrogens with zero attached hydrogens (tertiary/aromatic N) is 1. The van der Waals surface area contributed by atoms with Gasteiger partial charge in [-0.15, -0.1) is 0 Å². The van der Waals surface area contributed by atoms with Crippen molar-refractivity contribution < 1.29 is 14.3 Å². The Morgan fingerprint density at radius 2 is 2.05 bits per heavy atom. The fraction of sp³-hybridized carbons (Fsp3) is 0.611. The highest BCUT2D eigenvalue weighted by molar-refractivity contribution is 6.03. The molecule has 22 heavy (non-hydrogen) atoms. The summed E-state index contributed by atoms with van der Waals surface area (Å²) in [6.45, 7) is 6.16. The van der Waals surface area contributed by atoms with Gasteiger partial charge in [-0.3, -0.25) is 9.78 Å². The number of ketones is 1. The zero-order chi connectivity index (χ0) is 15.9. The third-order valence-corrected chi connectivity index (χ3v) is 4.64. The summed E-state index contributed by atoms with van der Waals surface area (Å²) < 4.78 is 5.22. The summed E-state index contributed by atoms with van der Waals surface area (Å²) in [5.74, 6) is 0.603. The normalized spacial score (nSPS) is 21.2. The largest absolute Gasteiger partial charge is 0.462 e. The molecule has 1 aromatic rings. The number of rotatable bonds is 3. The quantitative estimate of drug-likeness (QED) is 0.632. The van der Waals surface area contributed by atoms with E-state index in [1.807, 2.05) is 6.92 Å². The molecule has 0 saturated heterocycles. The van der Waals surface area contributed by atoms with Crippen LogP contribution in [-0.4, -0.2) is 23.3 Å². The predicted octanol–water partition coefficient (Wildman–Crippen LogP) is 3.60. The molecule has 1 aromatic heterocycles. The Bertz CT molecular complexity index is 632. The van der Waals surface area contributed by atoms with Gasteiger partial charge in [0.05, 0.1) is 23.6 Å². The summed E-state index contributed by atoms with van der Waals surface area (Å²) in [5, 5.41) is 0. The van der Waals surface area contributed by atoms with Gasteiger partial charge < -0.3 is 4.74 Å². The Morgan fingerprint density at radius 1 is 1.32 bits per heavy atom. The molecule has 1 heterocycles. The van der Waals surface area contributed by atoms with E-state index in [-0.39, 0.29) is 11.8 Å². The van der Waals surface area contributed by atoms with Crippen LogP contribution in [0.5, 0.6) is 0 Å². The van der Waals surface area contributed by atoms with E-state index in [1.165, 1.54) is 0 Å². The van der Waals surface area contributed by atoms with Crippen LogP contribution in [0.25, 0.3) is 0 Å². The Balaban J connectivity index is 2.20. The number of hydrogen-bond donors (Lipinski definition) is 0. The molecule has 0 radical (unpaired) electrons. The minimum Gasteiger partial charge on any atom is -0.462 e. The second kappa shape index (κ2) is 5.82. The second-order valence-corrected chi connectivity index (χ2v) is 6.57.